The Morgan fingerprint density at radius 2 is 2.27 bits per heavy atom. The van der Waals surface area contributed by atoms with Gasteiger partial charge in [-0.3, -0.25) is 9.78 Å². The number of aromatic nitrogens is 3. The van der Waals surface area contributed by atoms with Gasteiger partial charge in [-0.1, -0.05) is 0 Å². The zero-order valence-electron chi connectivity index (χ0n) is 12.3. The van der Waals surface area contributed by atoms with Crippen LogP contribution in [0, 0.1) is 5.92 Å². The zero-order valence-corrected chi connectivity index (χ0v) is 12.3. The highest BCUT2D eigenvalue weighted by Gasteiger charge is 2.24. The van der Waals surface area contributed by atoms with E-state index < -0.39 is 0 Å². The lowest BCUT2D eigenvalue weighted by Gasteiger charge is -2.23. The molecule has 3 rings (SSSR count). The smallest absolute Gasteiger partial charge is 0.255 e. The van der Waals surface area contributed by atoms with E-state index in [1.54, 1.807) is 37.1 Å². The number of pyridine rings is 1. The predicted octanol–water partition coefficient (Wildman–Crippen LogP) is 1.20. The first-order valence-electron chi connectivity index (χ1n) is 7.35. The maximum absolute atomic E-state index is 12.6. The highest BCUT2D eigenvalue weighted by Crippen LogP contribution is 2.14. The summed E-state index contributed by atoms with van der Waals surface area (Å²) in [4.78, 5) is 26.6. The SMILES string of the molecule is O=C(c1cccnc1)N1CCOC[C@H](Cc2ccncn2)C1. The van der Waals surface area contributed by atoms with Crippen molar-refractivity contribution >= 4 is 5.91 Å². The van der Waals surface area contributed by atoms with E-state index in [0.29, 0.717) is 31.9 Å². The largest absolute Gasteiger partial charge is 0.379 e. The van der Waals surface area contributed by atoms with Gasteiger partial charge in [0.2, 0.25) is 0 Å². The van der Waals surface area contributed by atoms with E-state index >= 15 is 0 Å². The van der Waals surface area contributed by atoms with Crippen LogP contribution in [0.5, 0.6) is 0 Å². The van der Waals surface area contributed by atoms with Crippen LogP contribution in [-0.4, -0.2) is 52.1 Å². The average Bonchev–Trinajstić information content (AvgIpc) is 2.81. The summed E-state index contributed by atoms with van der Waals surface area (Å²) in [6.45, 7) is 2.47. The van der Waals surface area contributed by atoms with E-state index in [-0.39, 0.29) is 11.8 Å². The van der Waals surface area contributed by atoms with Gasteiger partial charge in [0.15, 0.2) is 0 Å². The highest BCUT2D eigenvalue weighted by atomic mass is 16.5. The molecule has 2 aromatic rings. The molecule has 1 aliphatic heterocycles. The molecule has 114 valence electrons. The lowest BCUT2D eigenvalue weighted by molar-refractivity contribution is 0.0737. The summed E-state index contributed by atoms with van der Waals surface area (Å²) in [5, 5.41) is 0. The molecule has 1 aliphatic rings. The lowest BCUT2D eigenvalue weighted by Crippen LogP contribution is -2.36. The number of hydrogen-bond donors (Lipinski definition) is 0. The molecule has 0 N–H and O–H groups in total. The fourth-order valence-corrected chi connectivity index (χ4v) is 2.59. The Hall–Kier alpha value is -2.34. The minimum absolute atomic E-state index is 0.00582. The molecule has 0 spiro atoms. The number of rotatable bonds is 3. The number of carbonyl (C=O) groups excluding carboxylic acids is 1. The van der Waals surface area contributed by atoms with Crippen LogP contribution in [0.25, 0.3) is 0 Å². The van der Waals surface area contributed by atoms with Crippen LogP contribution in [0.1, 0.15) is 16.1 Å². The molecular weight excluding hydrogens is 280 g/mol. The molecule has 1 amide bonds. The maximum Gasteiger partial charge on any atom is 0.255 e. The molecule has 6 heteroatoms. The summed E-state index contributed by atoms with van der Waals surface area (Å²) in [7, 11) is 0. The van der Waals surface area contributed by atoms with Gasteiger partial charge < -0.3 is 9.64 Å². The molecule has 1 atom stereocenters. The minimum atomic E-state index is 0.00582. The fraction of sp³-hybridized carbons (Fsp3) is 0.375. The maximum atomic E-state index is 12.6. The van der Waals surface area contributed by atoms with E-state index in [1.165, 1.54) is 0 Å². The third-order valence-corrected chi connectivity index (χ3v) is 3.67. The Labute approximate surface area is 129 Å². The molecule has 0 aliphatic carbocycles. The Bertz CT molecular complexity index is 606. The van der Waals surface area contributed by atoms with Crippen molar-refractivity contribution in [2.75, 3.05) is 26.3 Å². The summed E-state index contributed by atoms with van der Waals surface area (Å²) in [5.41, 5.74) is 1.59. The van der Waals surface area contributed by atoms with Crippen LogP contribution in [0.4, 0.5) is 0 Å². The van der Waals surface area contributed by atoms with E-state index in [9.17, 15) is 4.79 Å². The fourth-order valence-electron chi connectivity index (χ4n) is 2.59. The third kappa shape index (κ3) is 3.65. The summed E-state index contributed by atoms with van der Waals surface area (Å²) in [6, 6.07) is 5.47. The van der Waals surface area contributed by atoms with Gasteiger partial charge >= 0.3 is 0 Å². The zero-order chi connectivity index (χ0) is 15.2. The minimum Gasteiger partial charge on any atom is -0.379 e. The van der Waals surface area contributed by atoms with Crippen molar-refractivity contribution in [3.8, 4) is 0 Å². The predicted molar refractivity (Wildman–Crippen MR) is 80.2 cm³/mol. The van der Waals surface area contributed by atoms with Gasteiger partial charge in [-0.05, 0) is 24.6 Å². The molecule has 0 bridgehead atoms. The van der Waals surface area contributed by atoms with Crippen LogP contribution in [0.15, 0.2) is 43.1 Å². The highest BCUT2D eigenvalue weighted by molar-refractivity contribution is 5.93. The van der Waals surface area contributed by atoms with Crippen LogP contribution in [-0.2, 0) is 11.2 Å². The first-order valence-corrected chi connectivity index (χ1v) is 7.35. The molecule has 0 saturated carbocycles. The van der Waals surface area contributed by atoms with Crippen molar-refractivity contribution in [2.45, 2.75) is 6.42 Å². The second-order valence-corrected chi connectivity index (χ2v) is 5.34. The topological polar surface area (TPSA) is 68.2 Å². The molecule has 0 radical (unpaired) electrons. The molecule has 0 aromatic carbocycles. The van der Waals surface area contributed by atoms with Crippen molar-refractivity contribution < 1.29 is 9.53 Å². The molecular formula is C16H18N4O2. The molecule has 22 heavy (non-hydrogen) atoms. The van der Waals surface area contributed by atoms with Crippen molar-refractivity contribution in [1.82, 2.24) is 19.9 Å². The molecule has 1 fully saturated rings. The Morgan fingerprint density at radius 3 is 3.05 bits per heavy atom. The normalized spacial score (nSPS) is 18.7. The van der Waals surface area contributed by atoms with Crippen molar-refractivity contribution in [2.24, 2.45) is 5.92 Å². The Morgan fingerprint density at radius 1 is 1.32 bits per heavy atom. The number of amides is 1. The van der Waals surface area contributed by atoms with Crippen molar-refractivity contribution in [3.05, 3.63) is 54.4 Å². The van der Waals surface area contributed by atoms with Gasteiger partial charge in [-0.15, -0.1) is 0 Å². The summed E-state index contributed by atoms with van der Waals surface area (Å²) < 4.78 is 5.64. The van der Waals surface area contributed by atoms with Gasteiger partial charge in [0.05, 0.1) is 18.8 Å². The first-order chi connectivity index (χ1) is 10.8. The van der Waals surface area contributed by atoms with Crippen LogP contribution >= 0.6 is 0 Å². The average molecular weight is 298 g/mol. The molecule has 3 heterocycles. The monoisotopic (exact) mass is 298 g/mol. The number of hydrogen-bond acceptors (Lipinski definition) is 5. The van der Waals surface area contributed by atoms with E-state index in [4.69, 9.17) is 4.74 Å². The van der Waals surface area contributed by atoms with Gasteiger partial charge in [-0.25, -0.2) is 9.97 Å². The summed E-state index contributed by atoms with van der Waals surface area (Å²) >= 11 is 0. The van der Waals surface area contributed by atoms with Crippen molar-refractivity contribution in [3.63, 3.8) is 0 Å². The molecule has 2 aromatic heterocycles. The number of ether oxygens (including phenoxy) is 1. The number of nitrogens with zero attached hydrogens (tertiary/aromatic N) is 4. The lowest BCUT2D eigenvalue weighted by atomic mass is 10.0. The standard InChI is InChI=1S/C16H18N4O2/c21-16(14-2-1-4-17-9-14)20-6-7-22-11-13(10-20)8-15-3-5-18-12-19-15/h1-5,9,12-13H,6-8,10-11H2/t13-/m1/s1. The summed E-state index contributed by atoms with van der Waals surface area (Å²) in [5.74, 6) is 0.240. The number of carbonyl (C=O) groups is 1. The van der Waals surface area contributed by atoms with Crippen LogP contribution < -0.4 is 0 Å². The second-order valence-electron chi connectivity index (χ2n) is 5.34. The van der Waals surface area contributed by atoms with E-state index in [0.717, 1.165) is 12.1 Å². The van der Waals surface area contributed by atoms with E-state index in [1.807, 2.05) is 11.0 Å². The van der Waals surface area contributed by atoms with Gasteiger partial charge in [-0.2, -0.15) is 0 Å². The summed E-state index contributed by atoms with van der Waals surface area (Å²) in [6.07, 6.45) is 7.33. The third-order valence-electron chi connectivity index (χ3n) is 3.67. The second kappa shape index (κ2) is 7.09. The first kappa shape index (κ1) is 14.6. The quantitative estimate of drug-likeness (QED) is 0.852. The van der Waals surface area contributed by atoms with Gasteiger partial charge in [0, 0.05) is 43.3 Å². The van der Waals surface area contributed by atoms with E-state index in [2.05, 4.69) is 15.0 Å². The van der Waals surface area contributed by atoms with Gasteiger partial charge in [0.1, 0.15) is 6.33 Å². The van der Waals surface area contributed by atoms with Gasteiger partial charge in [0.25, 0.3) is 5.91 Å². The molecule has 6 nitrogen and oxygen atoms in total. The molecule has 1 saturated heterocycles. The Balaban J connectivity index is 1.69. The van der Waals surface area contributed by atoms with Crippen LogP contribution in [0.3, 0.4) is 0 Å². The molecule has 0 unspecified atom stereocenters. The van der Waals surface area contributed by atoms with Crippen molar-refractivity contribution in [1.29, 1.82) is 0 Å². The van der Waals surface area contributed by atoms with Crippen LogP contribution in [0.2, 0.25) is 0 Å². The Kier molecular flexibility index (Phi) is 4.70.